The molecule has 2 aromatic rings. The van der Waals surface area contributed by atoms with Gasteiger partial charge in [-0.25, -0.2) is 17.5 Å². The predicted molar refractivity (Wildman–Crippen MR) is 83.7 cm³/mol. The van der Waals surface area contributed by atoms with Crippen molar-refractivity contribution >= 4 is 20.9 Å². The second kappa shape index (κ2) is 6.28. The van der Waals surface area contributed by atoms with E-state index in [-0.39, 0.29) is 18.3 Å². The van der Waals surface area contributed by atoms with Gasteiger partial charge in [-0.2, -0.15) is 0 Å². The Morgan fingerprint density at radius 1 is 1.32 bits per heavy atom. The molecule has 0 unspecified atom stereocenters. The van der Waals surface area contributed by atoms with E-state index in [1.807, 2.05) is 24.3 Å². The van der Waals surface area contributed by atoms with Gasteiger partial charge in [0.15, 0.2) is 0 Å². The molecular formula is C15H18FN3O2S. The first kappa shape index (κ1) is 15.3. The molecule has 22 heavy (non-hydrogen) atoms. The topological polar surface area (TPSA) is 71.1 Å². The van der Waals surface area contributed by atoms with E-state index in [1.54, 1.807) is 12.3 Å². The standard InChI is InChI=1S/C15H18FN3O2S/c16-13-7-14(18-8-13)9-19-22(20,21)10-12-4-1-3-11-5-2-6-17-15(11)12/h1-6,13-14,18-19H,7-10H2/t13-,14-/m0/s1. The second-order valence-corrected chi connectivity index (χ2v) is 7.34. The number of sulfonamides is 1. The molecule has 5 nitrogen and oxygen atoms in total. The summed E-state index contributed by atoms with van der Waals surface area (Å²) in [4.78, 5) is 4.26. The number of para-hydroxylation sites is 1. The lowest BCUT2D eigenvalue weighted by Crippen LogP contribution is -2.37. The third-order valence-corrected chi connectivity index (χ3v) is 5.08. The van der Waals surface area contributed by atoms with E-state index in [0.717, 1.165) is 5.39 Å². The van der Waals surface area contributed by atoms with Crippen LogP contribution in [0.1, 0.15) is 12.0 Å². The van der Waals surface area contributed by atoms with Gasteiger partial charge in [0.2, 0.25) is 10.0 Å². The third-order valence-electron chi connectivity index (χ3n) is 3.78. The van der Waals surface area contributed by atoms with Crippen LogP contribution in [0, 0.1) is 0 Å². The number of alkyl halides is 1. The lowest BCUT2D eigenvalue weighted by Gasteiger charge is -2.12. The number of fused-ring (bicyclic) bond motifs is 1. The lowest BCUT2D eigenvalue weighted by atomic mass is 10.1. The van der Waals surface area contributed by atoms with Gasteiger partial charge in [0.1, 0.15) is 6.17 Å². The van der Waals surface area contributed by atoms with Crippen LogP contribution in [-0.2, 0) is 15.8 Å². The Bertz CT molecular complexity index is 761. The highest BCUT2D eigenvalue weighted by Crippen LogP contribution is 2.18. The zero-order valence-corrected chi connectivity index (χ0v) is 12.8. The molecule has 0 saturated carbocycles. The first-order valence-corrected chi connectivity index (χ1v) is 8.86. The molecule has 118 valence electrons. The number of halogens is 1. The fourth-order valence-corrected chi connectivity index (χ4v) is 3.89. The molecule has 0 bridgehead atoms. The molecule has 0 aliphatic carbocycles. The molecule has 0 spiro atoms. The fourth-order valence-electron chi connectivity index (χ4n) is 2.69. The van der Waals surface area contributed by atoms with Gasteiger partial charge >= 0.3 is 0 Å². The van der Waals surface area contributed by atoms with E-state index in [2.05, 4.69) is 15.0 Å². The van der Waals surface area contributed by atoms with E-state index in [1.165, 1.54) is 0 Å². The van der Waals surface area contributed by atoms with Gasteiger partial charge in [-0.15, -0.1) is 0 Å². The smallest absolute Gasteiger partial charge is 0.215 e. The first-order valence-electron chi connectivity index (χ1n) is 7.21. The molecule has 0 amide bonds. The van der Waals surface area contributed by atoms with Crippen molar-refractivity contribution in [2.24, 2.45) is 0 Å². The molecule has 1 aromatic carbocycles. The molecule has 1 fully saturated rings. The molecule has 2 atom stereocenters. The predicted octanol–water partition coefficient (Wildman–Crippen LogP) is 1.35. The highest BCUT2D eigenvalue weighted by atomic mass is 32.2. The maximum atomic E-state index is 13.1. The SMILES string of the molecule is O=S(=O)(Cc1cccc2cccnc12)NC[C@@H]1C[C@H](F)CN1. The molecule has 2 N–H and O–H groups in total. The summed E-state index contributed by atoms with van der Waals surface area (Å²) in [5, 5.41) is 3.87. The Kier molecular flexibility index (Phi) is 4.37. The molecule has 1 saturated heterocycles. The van der Waals surface area contributed by atoms with Crippen LogP contribution in [0.3, 0.4) is 0 Å². The second-order valence-electron chi connectivity index (χ2n) is 5.54. The number of benzene rings is 1. The minimum absolute atomic E-state index is 0.132. The van der Waals surface area contributed by atoms with Crippen molar-refractivity contribution in [1.82, 2.24) is 15.0 Å². The van der Waals surface area contributed by atoms with E-state index >= 15 is 0 Å². The van der Waals surface area contributed by atoms with Gasteiger partial charge in [0.05, 0.1) is 11.3 Å². The largest absolute Gasteiger partial charge is 0.310 e. The van der Waals surface area contributed by atoms with Crippen molar-refractivity contribution in [3.05, 3.63) is 42.1 Å². The maximum absolute atomic E-state index is 13.1. The molecule has 3 rings (SSSR count). The van der Waals surface area contributed by atoms with Crippen molar-refractivity contribution in [2.45, 2.75) is 24.4 Å². The van der Waals surface area contributed by atoms with E-state index < -0.39 is 16.2 Å². The van der Waals surface area contributed by atoms with Crippen molar-refractivity contribution in [2.75, 3.05) is 13.1 Å². The van der Waals surface area contributed by atoms with Crippen LogP contribution in [-0.4, -0.2) is 38.7 Å². The van der Waals surface area contributed by atoms with Crippen molar-refractivity contribution in [3.8, 4) is 0 Å². The van der Waals surface area contributed by atoms with Crippen LogP contribution < -0.4 is 10.0 Å². The van der Waals surface area contributed by atoms with Gasteiger partial charge in [0.25, 0.3) is 0 Å². The average Bonchev–Trinajstić information content (AvgIpc) is 2.91. The van der Waals surface area contributed by atoms with Gasteiger partial charge in [0, 0.05) is 30.7 Å². The van der Waals surface area contributed by atoms with Crippen LogP contribution in [0.5, 0.6) is 0 Å². The number of pyridine rings is 1. The highest BCUT2D eigenvalue weighted by molar-refractivity contribution is 7.88. The Morgan fingerprint density at radius 3 is 2.91 bits per heavy atom. The monoisotopic (exact) mass is 323 g/mol. The Balaban J connectivity index is 1.70. The lowest BCUT2D eigenvalue weighted by molar-refractivity contribution is 0.355. The minimum Gasteiger partial charge on any atom is -0.310 e. The Labute approximate surface area is 129 Å². The van der Waals surface area contributed by atoms with Gasteiger partial charge in [-0.05, 0) is 18.1 Å². The average molecular weight is 323 g/mol. The van der Waals surface area contributed by atoms with E-state index in [0.29, 0.717) is 24.0 Å². The number of hydrogen-bond donors (Lipinski definition) is 2. The summed E-state index contributed by atoms with van der Waals surface area (Å²) in [6.45, 7) is 0.501. The molecule has 1 aliphatic heterocycles. The van der Waals surface area contributed by atoms with Crippen LogP contribution in [0.15, 0.2) is 36.5 Å². The summed E-state index contributed by atoms with van der Waals surface area (Å²) in [5.74, 6) is -0.132. The van der Waals surface area contributed by atoms with Gasteiger partial charge in [-0.1, -0.05) is 24.3 Å². The van der Waals surface area contributed by atoms with E-state index in [4.69, 9.17) is 0 Å². The summed E-state index contributed by atoms with van der Waals surface area (Å²) < 4.78 is 40.1. The molecule has 7 heteroatoms. The van der Waals surface area contributed by atoms with Crippen LogP contribution >= 0.6 is 0 Å². The van der Waals surface area contributed by atoms with Crippen LogP contribution in [0.2, 0.25) is 0 Å². The third kappa shape index (κ3) is 3.60. The summed E-state index contributed by atoms with van der Waals surface area (Å²) in [6, 6.07) is 9.06. The molecule has 1 aromatic heterocycles. The van der Waals surface area contributed by atoms with Crippen molar-refractivity contribution in [3.63, 3.8) is 0 Å². The number of rotatable bonds is 5. The number of hydrogen-bond acceptors (Lipinski definition) is 4. The first-order chi connectivity index (χ1) is 10.5. The molecule has 2 heterocycles. The van der Waals surface area contributed by atoms with Crippen LogP contribution in [0.4, 0.5) is 4.39 Å². The van der Waals surface area contributed by atoms with Gasteiger partial charge < -0.3 is 5.32 Å². The quantitative estimate of drug-likeness (QED) is 0.871. The molecular weight excluding hydrogens is 305 g/mol. The minimum atomic E-state index is -3.48. The molecule has 1 aliphatic rings. The van der Waals surface area contributed by atoms with Crippen molar-refractivity contribution < 1.29 is 12.8 Å². The summed E-state index contributed by atoms with van der Waals surface area (Å²) in [6.07, 6.45) is 1.10. The Hall–Kier alpha value is -1.57. The zero-order chi connectivity index (χ0) is 15.6. The van der Waals surface area contributed by atoms with Crippen molar-refractivity contribution in [1.29, 1.82) is 0 Å². The number of nitrogens with one attached hydrogen (secondary N) is 2. The maximum Gasteiger partial charge on any atom is 0.215 e. The zero-order valence-electron chi connectivity index (χ0n) is 12.0. The summed E-state index contributed by atoms with van der Waals surface area (Å²) in [5.41, 5.74) is 1.35. The van der Waals surface area contributed by atoms with Gasteiger partial charge in [-0.3, -0.25) is 4.98 Å². The van der Waals surface area contributed by atoms with Crippen LogP contribution in [0.25, 0.3) is 10.9 Å². The number of aromatic nitrogens is 1. The molecule has 0 radical (unpaired) electrons. The normalized spacial score (nSPS) is 22.2. The highest BCUT2D eigenvalue weighted by Gasteiger charge is 2.25. The van der Waals surface area contributed by atoms with E-state index in [9.17, 15) is 12.8 Å². The summed E-state index contributed by atoms with van der Waals surface area (Å²) in [7, 11) is -3.48. The Morgan fingerprint density at radius 2 is 2.14 bits per heavy atom. The fraction of sp³-hybridized carbons (Fsp3) is 0.400. The number of nitrogens with zero attached hydrogens (tertiary/aromatic N) is 1. The summed E-state index contributed by atoms with van der Waals surface area (Å²) >= 11 is 0.